The summed E-state index contributed by atoms with van der Waals surface area (Å²) in [6, 6.07) is 0.482. The van der Waals surface area contributed by atoms with Crippen molar-refractivity contribution in [3.05, 3.63) is 0 Å². The molecule has 0 bridgehead atoms. The first kappa shape index (κ1) is 16.0. The Morgan fingerprint density at radius 1 is 1.19 bits per heavy atom. The van der Waals surface area contributed by atoms with Crippen molar-refractivity contribution in [2.24, 2.45) is 0 Å². The van der Waals surface area contributed by atoms with E-state index in [4.69, 9.17) is 9.84 Å². The van der Waals surface area contributed by atoms with Crippen molar-refractivity contribution in [1.82, 2.24) is 14.7 Å². The summed E-state index contributed by atoms with van der Waals surface area (Å²) in [7, 11) is 0. The van der Waals surface area contributed by atoms with Gasteiger partial charge < -0.3 is 19.6 Å². The van der Waals surface area contributed by atoms with Gasteiger partial charge in [0, 0.05) is 38.8 Å². The van der Waals surface area contributed by atoms with Crippen LogP contribution in [-0.4, -0.2) is 89.8 Å². The first-order chi connectivity index (χ1) is 10.0. The van der Waals surface area contributed by atoms with Crippen molar-refractivity contribution >= 4 is 12.0 Å². The number of hydrogen-bond donors (Lipinski definition) is 1. The molecule has 7 heteroatoms. The first-order valence-electron chi connectivity index (χ1n) is 7.65. The smallest absolute Gasteiger partial charge is 0.334 e. The van der Waals surface area contributed by atoms with Gasteiger partial charge in [0.05, 0.1) is 13.2 Å². The third kappa shape index (κ3) is 3.85. The van der Waals surface area contributed by atoms with Crippen LogP contribution in [0.3, 0.4) is 0 Å². The van der Waals surface area contributed by atoms with Crippen LogP contribution in [0, 0.1) is 0 Å². The normalized spacial score (nSPS) is 25.7. The molecule has 120 valence electrons. The molecule has 0 spiro atoms. The molecule has 2 saturated heterocycles. The monoisotopic (exact) mass is 299 g/mol. The van der Waals surface area contributed by atoms with Crippen LogP contribution in [-0.2, 0) is 9.53 Å². The number of nitrogens with zero attached hydrogens (tertiary/aromatic N) is 3. The summed E-state index contributed by atoms with van der Waals surface area (Å²) in [5.74, 6) is -1.01. The quantitative estimate of drug-likeness (QED) is 0.812. The molecule has 7 nitrogen and oxygen atoms in total. The molecule has 0 saturated carbocycles. The average Bonchev–Trinajstić information content (AvgIpc) is 2.53. The molecule has 2 rings (SSSR count). The third-order valence-corrected chi connectivity index (χ3v) is 4.41. The number of ether oxygens (including phenoxy) is 1. The average molecular weight is 299 g/mol. The number of carbonyl (C=O) groups is 2. The Labute approximate surface area is 125 Å². The summed E-state index contributed by atoms with van der Waals surface area (Å²) >= 11 is 0. The van der Waals surface area contributed by atoms with Crippen molar-refractivity contribution in [2.75, 3.05) is 45.9 Å². The minimum atomic E-state index is -1.01. The fraction of sp³-hybridized carbons (Fsp3) is 0.857. The van der Waals surface area contributed by atoms with Gasteiger partial charge in [-0.05, 0) is 13.3 Å². The molecule has 2 unspecified atom stereocenters. The maximum Gasteiger partial charge on any atom is 0.334 e. The molecule has 2 aliphatic heterocycles. The second-order valence-corrected chi connectivity index (χ2v) is 5.71. The van der Waals surface area contributed by atoms with Gasteiger partial charge in [0.2, 0.25) is 0 Å². The highest BCUT2D eigenvalue weighted by atomic mass is 16.5. The first-order valence-corrected chi connectivity index (χ1v) is 7.65. The van der Waals surface area contributed by atoms with Crippen molar-refractivity contribution in [3.63, 3.8) is 0 Å². The summed E-state index contributed by atoms with van der Waals surface area (Å²) < 4.78 is 5.15. The molecule has 2 atom stereocenters. The van der Waals surface area contributed by atoms with Crippen LogP contribution < -0.4 is 0 Å². The van der Waals surface area contributed by atoms with E-state index in [-0.39, 0.29) is 19.2 Å². The molecule has 2 heterocycles. The number of rotatable bonds is 3. The summed E-state index contributed by atoms with van der Waals surface area (Å²) in [5.41, 5.74) is 0. The predicted molar refractivity (Wildman–Crippen MR) is 77.2 cm³/mol. The van der Waals surface area contributed by atoms with E-state index in [1.165, 1.54) is 0 Å². The molecule has 0 aromatic carbocycles. The van der Waals surface area contributed by atoms with Crippen LogP contribution in [0.15, 0.2) is 0 Å². The minimum absolute atomic E-state index is 0.0617. The lowest BCUT2D eigenvalue weighted by molar-refractivity contribution is -0.154. The van der Waals surface area contributed by atoms with Crippen molar-refractivity contribution < 1.29 is 19.4 Å². The van der Waals surface area contributed by atoms with E-state index in [1.54, 1.807) is 4.90 Å². The number of carboxylic acid groups (broad SMARTS) is 1. The maximum atomic E-state index is 12.5. The molecule has 0 radical (unpaired) electrons. The van der Waals surface area contributed by atoms with Gasteiger partial charge in [0.1, 0.15) is 0 Å². The standard InChI is InChI=1S/C14H25N3O4/c1-3-11(2)15-4-6-16(7-5-15)14(20)17-8-9-21-12(10-17)13(18)19/h11-12H,3-10H2,1-2H3,(H,18,19). The van der Waals surface area contributed by atoms with Gasteiger partial charge >= 0.3 is 12.0 Å². The number of morpholine rings is 1. The maximum absolute atomic E-state index is 12.5. The molecule has 2 amide bonds. The number of urea groups is 1. The van der Waals surface area contributed by atoms with Crippen LogP contribution in [0.5, 0.6) is 0 Å². The Balaban J connectivity index is 1.85. The topological polar surface area (TPSA) is 73.3 Å². The van der Waals surface area contributed by atoms with Crippen LogP contribution in [0.2, 0.25) is 0 Å². The SMILES string of the molecule is CCC(C)N1CCN(C(=O)N2CCOC(C(=O)O)C2)CC1. The van der Waals surface area contributed by atoms with Crippen molar-refractivity contribution in [3.8, 4) is 0 Å². The van der Waals surface area contributed by atoms with Crippen molar-refractivity contribution in [1.29, 1.82) is 0 Å². The summed E-state index contributed by atoms with van der Waals surface area (Å²) in [6.45, 7) is 8.44. The zero-order chi connectivity index (χ0) is 15.4. The number of hydrogen-bond acceptors (Lipinski definition) is 4. The van der Waals surface area contributed by atoms with Crippen molar-refractivity contribution in [2.45, 2.75) is 32.4 Å². The third-order valence-electron chi connectivity index (χ3n) is 4.41. The lowest BCUT2D eigenvalue weighted by Crippen LogP contribution is -2.57. The highest BCUT2D eigenvalue weighted by Crippen LogP contribution is 2.13. The molecule has 0 aromatic heterocycles. The van der Waals surface area contributed by atoms with Gasteiger partial charge in [-0.1, -0.05) is 6.92 Å². The molecule has 2 aliphatic rings. The molecule has 21 heavy (non-hydrogen) atoms. The lowest BCUT2D eigenvalue weighted by Gasteiger charge is -2.41. The Morgan fingerprint density at radius 2 is 1.86 bits per heavy atom. The molecule has 1 N–H and O–H groups in total. The fourth-order valence-corrected chi connectivity index (χ4v) is 2.78. The Bertz CT molecular complexity index is 382. The molecular weight excluding hydrogens is 274 g/mol. The zero-order valence-electron chi connectivity index (χ0n) is 12.8. The number of amides is 2. The number of aliphatic carboxylic acids is 1. The van der Waals surface area contributed by atoms with Crippen LogP contribution in [0.4, 0.5) is 4.79 Å². The lowest BCUT2D eigenvalue weighted by atomic mass is 10.2. The number of carbonyl (C=O) groups excluding carboxylic acids is 1. The van der Waals surface area contributed by atoms with E-state index >= 15 is 0 Å². The number of piperazine rings is 1. The molecule has 0 aromatic rings. The van der Waals surface area contributed by atoms with E-state index in [0.29, 0.717) is 25.7 Å². The van der Waals surface area contributed by atoms with E-state index in [0.717, 1.165) is 19.5 Å². The summed E-state index contributed by atoms with van der Waals surface area (Å²) in [5, 5.41) is 8.99. The number of carboxylic acids is 1. The van der Waals surface area contributed by atoms with E-state index < -0.39 is 12.1 Å². The van der Waals surface area contributed by atoms with Gasteiger partial charge in [0.25, 0.3) is 0 Å². The Morgan fingerprint density at radius 3 is 2.43 bits per heavy atom. The zero-order valence-corrected chi connectivity index (χ0v) is 12.8. The fourth-order valence-electron chi connectivity index (χ4n) is 2.78. The van der Waals surface area contributed by atoms with Gasteiger partial charge in [-0.2, -0.15) is 0 Å². The Hall–Kier alpha value is -1.34. The molecule has 2 fully saturated rings. The minimum Gasteiger partial charge on any atom is -0.479 e. The highest BCUT2D eigenvalue weighted by molar-refractivity contribution is 5.77. The second kappa shape index (κ2) is 7.09. The molecule has 0 aliphatic carbocycles. The van der Waals surface area contributed by atoms with Gasteiger partial charge in [0.15, 0.2) is 6.10 Å². The Kier molecular flexibility index (Phi) is 5.41. The summed E-state index contributed by atoms with van der Waals surface area (Å²) in [6.07, 6.45) is 0.210. The molecular formula is C14H25N3O4. The van der Waals surface area contributed by atoms with E-state index in [1.807, 2.05) is 4.90 Å². The predicted octanol–water partition coefficient (Wildman–Crippen LogP) is 0.308. The van der Waals surface area contributed by atoms with Gasteiger partial charge in [-0.25, -0.2) is 9.59 Å². The highest BCUT2D eigenvalue weighted by Gasteiger charge is 2.32. The van der Waals surface area contributed by atoms with E-state index in [9.17, 15) is 9.59 Å². The van der Waals surface area contributed by atoms with Crippen LogP contribution in [0.1, 0.15) is 20.3 Å². The largest absolute Gasteiger partial charge is 0.479 e. The van der Waals surface area contributed by atoms with Crippen LogP contribution in [0.25, 0.3) is 0 Å². The van der Waals surface area contributed by atoms with Crippen LogP contribution >= 0.6 is 0 Å². The van der Waals surface area contributed by atoms with E-state index in [2.05, 4.69) is 18.7 Å². The summed E-state index contributed by atoms with van der Waals surface area (Å²) in [4.78, 5) is 29.2. The second-order valence-electron chi connectivity index (χ2n) is 5.71. The van der Waals surface area contributed by atoms with Gasteiger partial charge in [-0.3, -0.25) is 4.90 Å². The van der Waals surface area contributed by atoms with Gasteiger partial charge in [-0.15, -0.1) is 0 Å².